The van der Waals surface area contributed by atoms with Gasteiger partial charge in [-0.05, 0) is 22.4 Å². The third-order valence-corrected chi connectivity index (χ3v) is 4.51. The molecule has 1 unspecified atom stereocenters. The van der Waals surface area contributed by atoms with Crippen molar-refractivity contribution in [2.45, 2.75) is 19.5 Å². The third kappa shape index (κ3) is 3.33. The van der Waals surface area contributed by atoms with Crippen LogP contribution < -0.4 is 0 Å². The van der Waals surface area contributed by atoms with Crippen molar-refractivity contribution in [3.05, 3.63) is 40.6 Å². The Hall–Kier alpha value is -1.66. The Labute approximate surface area is 128 Å². The molecule has 3 heterocycles. The lowest BCUT2D eigenvalue weighted by atomic mass is 10.1. The monoisotopic (exact) mass is 305 g/mol. The fourth-order valence-corrected chi connectivity index (χ4v) is 3.43. The number of amides is 1. The summed E-state index contributed by atoms with van der Waals surface area (Å²) in [6.45, 7) is 2.87. The molecular formula is C15H19N3O2S. The van der Waals surface area contributed by atoms with Gasteiger partial charge >= 0.3 is 0 Å². The van der Waals surface area contributed by atoms with Crippen LogP contribution in [0.3, 0.4) is 0 Å². The Balaban J connectivity index is 1.75. The van der Waals surface area contributed by atoms with Crippen molar-refractivity contribution in [1.29, 1.82) is 0 Å². The van der Waals surface area contributed by atoms with E-state index in [9.17, 15) is 4.79 Å². The molecule has 0 aromatic carbocycles. The number of imidazole rings is 1. The van der Waals surface area contributed by atoms with Crippen LogP contribution in [-0.4, -0.2) is 40.6 Å². The number of carbonyl (C=O) groups is 1. The highest BCUT2D eigenvalue weighted by atomic mass is 32.1. The van der Waals surface area contributed by atoms with E-state index in [1.54, 1.807) is 18.4 Å². The van der Waals surface area contributed by atoms with Crippen LogP contribution in [0.15, 0.2) is 29.4 Å². The predicted molar refractivity (Wildman–Crippen MR) is 81.0 cm³/mol. The minimum Gasteiger partial charge on any atom is -0.384 e. The zero-order valence-corrected chi connectivity index (χ0v) is 12.9. The van der Waals surface area contributed by atoms with E-state index >= 15 is 0 Å². The van der Waals surface area contributed by atoms with Crippen molar-refractivity contribution in [2.24, 2.45) is 5.92 Å². The number of thiophene rings is 1. The van der Waals surface area contributed by atoms with E-state index in [4.69, 9.17) is 4.74 Å². The summed E-state index contributed by atoms with van der Waals surface area (Å²) in [5.41, 5.74) is 2.18. The number of nitrogens with zero attached hydrogens (tertiary/aromatic N) is 3. The lowest BCUT2D eigenvalue weighted by molar-refractivity contribution is -0.131. The van der Waals surface area contributed by atoms with Gasteiger partial charge in [0.25, 0.3) is 0 Å². The van der Waals surface area contributed by atoms with E-state index in [2.05, 4.69) is 9.55 Å². The number of hydrogen-bond acceptors (Lipinski definition) is 4. The quantitative estimate of drug-likeness (QED) is 0.865. The molecule has 0 spiro atoms. The molecule has 1 aliphatic heterocycles. The number of carbonyl (C=O) groups excluding carboxylic acids is 1. The van der Waals surface area contributed by atoms with Gasteiger partial charge in [-0.3, -0.25) is 4.79 Å². The molecule has 112 valence electrons. The van der Waals surface area contributed by atoms with Crippen molar-refractivity contribution in [2.75, 3.05) is 20.3 Å². The summed E-state index contributed by atoms with van der Waals surface area (Å²) in [6, 6.07) is 2.01. The first-order valence-corrected chi connectivity index (χ1v) is 7.97. The second kappa shape index (κ2) is 6.41. The molecule has 0 radical (unpaired) electrons. The van der Waals surface area contributed by atoms with E-state index in [0.717, 1.165) is 24.3 Å². The Bertz CT molecular complexity index is 594. The second-order valence-corrected chi connectivity index (χ2v) is 6.22. The lowest BCUT2D eigenvalue weighted by Gasteiger charge is -2.23. The largest absolute Gasteiger partial charge is 0.384 e. The minimum atomic E-state index is 0.171. The number of hydrogen-bond donors (Lipinski definition) is 0. The summed E-state index contributed by atoms with van der Waals surface area (Å²) in [4.78, 5) is 18.7. The maximum Gasteiger partial charge on any atom is 0.227 e. The van der Waals surface area contributed by atoms with Gasteiger partial charge in [0.15, 0.2) is 0 Å². The Morgan fingerprint density at radius 2 is 2.43 bits per heavy atom. The first-order valence-electron chi connectivity index (χ1n) is 7.03. The third-order valence-electron chi connectivity index (χ3n) is 3.78. The molecule has 0 saturated carbocycles. The molecule has 0 fully saturated rings. The maximum absolute atomic E-state index is 12.6. The van der Waals surface area contributed by atoms with Crippen LogP contribution in [0, 0.1) is 5.92 Å². The Morgan fingerprint density at radius 3 is 3.19 bits per heavy atom. The molecule has 0 saturated heterocycles. The first-order chi connectivity index (χ1) is 10.3. The molecule has 0 N–H and O–H groups in total. The van der Waals surface area contributed by atoms with Gasteiger partial charge in [0.05, 0.1) is 31.6 Å². The van der Waals surface area contributed by atoms with Crippen LogP contribution in [0.2, 0.25) is 0 Å². The topological polar surface area (TPSA) is 47.4 Å². The average Bonchev–Trinajstić information content (AvgIpc) is 3.08. The molecule has 6 heteroatoms. The fraction of sp³-hybridized carbons (Fsp3) is 0.467. The molecule has 2 aromatic heterocycles. The first kappa shape index (κ1) is 14.3. The van der Waals surface area contributed by atoms with Gasteiger partial charge in [0.2, 0.25) is 5.91 Å². The van der Waals surface area contributed by atoms with E-state index in [1.165, 1.54) is 0 Å². The molecule has 2 aromatic rings. The summed E-state index contributed by atoms with van der Waals surface area (Å²) in [5.74, 6) is 0.473. The summed E-state index contributed by atoms with van der Waals surface area (Å²) in [6.07, 6.45) is 4.15. The minimum absolute atomic E-state index is 0.171. The van der Waals surface area contributed by atoms with Gasteiger partial charge in [0.1, 0.15) is 0 Å². The zero-order valence-electron chi connectivity index (χ0n) is 12.1. The van der Waals surface area contributed by atoms with Gasteiger partial charge in [-0.15, -0.1) is 0 Å². The molecular weight excluding hydrogens is 286 g/mol. The van der Waals surface area contributed by atoms with Crippen molar-refractivity contribution < 1.29 is 9.53 Å². The highest BCUT2D eigenvalue weighted by Gasteiger charge is 2.25. The molecule has 1 aliphatic rings. The molecule has 5 nitrogen and oxygen atoms in total. The van der Waals surface area contributed by atoms with Gasteiger partial charge in [0, 0.05) is 32.3 Å². The van der Waals surface area contributed by atoms with E-state index in [-0.39, 0.29) is 5.91 Å². The van der Waals surface area contributed by atoms with Crippen molar-refractivity contribution in [3.63, 3.8) is 0 Å². The molecule has 1 amide bonds. The fourth-order valence-electron chi connectivity index (χ4n) is 2.76. The van der Waals surface area contributed by atoms with Gasteiger partial charge in [-0.1, -0.05) is 0 Å². The van der Waals surface area contributed by atoms with E-state index in [0.29, 0.717) is 25.5 Å². The Kier molecular flexibility index (Phi) is 4.36. The van der Waals surface area contributed by atoms with Crippen molar-refractivity contribution in [3.8, 4) is 0 Å². The smallest absolute Gasteiger partial charge is 0.227 e. The lowest BCUT2D eigenvalue weighted by Crippen LogP contribution is -2.36. The van der Waals surface area contributed by atoms with Gasteiger partial charge in [-0.2, -0.15) is 11.3 Å². The number of methoxy groups -OCH3 is 1. The van der Waals surface area contributed by atoms with Crippen LogP contribution in [0.25, 0.3) is 0 Å². The molecule has 0 aliphatic carbocycles. The molecule has 0 bridgehead atoms. The Morgan fingerprint density at radius 1 is 1.52 bits per heavy atom. The summed E-state index contributed by atoms with van der Waals surface area (Å²) in [7, 11) is 1.71. The molecule has 21 heavy (non-hydrogen) atoms. The van der Waals surface area contributed by atoms with Crippen LogP contribution in [0.1, 0.15) is 11.3 Å². The average molecular weight is 305 g/mol. The van der Waals surface area contributed by atoms with Crippen molar-refractivity contribution >= 4 is 17.2 Å². The standard InChI is InChI=1S/C15H19N3O2S/c1-20-9-13-6-17(8-14-5-16-11-18(14)7-13)15(19)4-12-2-3-21-10-12/h2-3,5,10-11,13H,4,6-9H2,1H3. The normalized spacial score (nSPS) is 18.3. The SMILES string of the molecule is COCC1CN(C(=O)Cc2ccsc2)Cc2cncn2C1. The number of rotatable bonds is 4. The molecule has 1 atom stereocenters. The molecule has 3 rings (SSSR count). The highest BCUT2D eigenvalue weighted by molar-refractivity contribution is 7.07. The summed E-state index contributed by atoms with van der Waals surface area (Å²) >= 11 is 1.63. The zero-order chi connectivity index (χ0) is 14.7. The van der Waals surface area contributed by atoms with Gasteiger partial charge < -0.3 is 14.2 Å². The van der Waals surface area contributed by atoms with Crippen LogP contribution >= 0.6 is 11.3 Å². The predicted octanol–water partition coefficient (Wildman–Crippen LogP) is 1.79. The maximum atomic E-state index is 12.6. The number of ether oxygens (including phenoxy) is 1. The second-order valence-electron chi connectivity index (χ2n) is 5.44. The summed E-state index contributed by atoms with van der Waals surface area (Å²) in [5, 5.41) is 4.04. The summed E-state index contributed by atoms with van der Waals surface area (Å²) < 4.78 is 7.42. The van der Waals surface area contributed by atoms with Crippen LogP contribution in [-0.2, 0) is 29.0 Å². The van der Waals surface area contributed by atoms with Gasteiger partial charge in [-0.25, -0.2) is 4.98 Å². The van der Waals surface area contributed by atoms with Crippen LogP contribution in [0.5, 0.6) is 0 Å². The van der Waals surface area contributed by atoms with E-state index < -0.39 is 0 Å². The number of aromatic nitrogens is 2. The van der Waals surface area contributed by atoms with Crippen molar-refractivity contribution in [1.82, 2.24) is 14.5 Å². The number of fused-ring (bicyclic) bond motifs is 1. The van der Waals surface area contributed by atoms with E-state index in [1.807, 2.05) is 34.3 Å². The van der Waals surface area contributed by atoms with Crippen LogP contribution in [0.4, 0.5) is 0 Å². The highest BCUT2D eigenvalue weighted by Crippen LogP contribution is 2.18.